The molecule has 0 aromatic heterocycles. The number of piperidine rings is 1. The lowest BCUT2D eigenvalue weighted by atomic mass is 9.87. The molecule has 1 aliphatic heterocycles. The quantitative estimate of drug-likeness (QED) is 0.793. The van der Waals surface area contributed by atoms with Crippen LogP contribution in [0.1, 0.15) is 27.2 Å². The van der Waals surface area contributed by atoms with Gasteiger partial charge in [0, 0.05) is 13.1 Å². The average Bonchev–Trinajstić information content (AvgIpc) is 2.28. The van der Waals surface area contributed by atoms with Gasteiger partial charge in [0.1, 0.15) is 0 Å². The Bertz CT molecular complexity index is 327. The molecule has 4 nitrogen and oxygen atoms in total. The Labute approximate surface area is 105 Å². The number of nitrogens with two attached hydrogens (primary N) is 1. The maximum Gasteiger partial charge on any atom is 0.153 e. The van der Waals surface area contributed by atoms with E-state index in [9.17, 15) is 8.42 Å². The van der Waals surface area contributed by atoms with Crippen LogP contribution in [-0.4, -0.2) is 50.5 Å². The first-order valence-electron chi connectivity index (χ1n) is 6.50. The number of likely N-dealkylation sites (tertiary alicyclic amines) is 1. The van der Waals surface area contributed by atoms with Gasteiger partial charge in [0.2, 0.25) is 0 Å². The number of nitrogens with zero attached hydrogens (tertiary/aromatic N) is 1. The SMILES string of the molecule is CC1CCN(CCS(=O)(=O)C(C)C)CC1CN. The minimum atomic E-state index is -2.91. The maximum absolute atomic E-state index is 11.7. The van der Waals surface area contributed by atoms with E-state index < -0.39 is 9.84 Å². The van der Waals surface area contributed by atoms with Crippen molar-refractivity contribution >= 4 is 9.84 Å². The van der Waals surface area contributed by atoms with E-state index in [1.54, 1.807) is 13.8 Å². The highest BCUT2D eigenvalue weighted by Crippen LogP contribution is 2.22. The summed E-state index contributed by atoms with van der Waals surface area (Å²) in [4.78, 5) is 2.25. The molecule has 1 aliphatic rings. The summed E-state index contributed by atoms with van der Waals surface area (Å²) in [5.74, 6) is 1.46. The molecule has 0 radical (unpaired) electrons. The Hall–Kier alpha value is -0.130. The van der Waals surface area contributed by atoms with Crippen LogP contribution in [0.15, 0.2) is 0 Å². The first-order chi connectivity index (χ1) is 7.86. The molecule has 1 heterocycles. The Balaban J connectivity index is 2.44. The van der Waals surface area contributed by atoms with Gasteiger partial charge in [-0.25, -0.2) is 8.42 Å². The van der Waals surface area contributed by atoms with E-state index in [0.717, 1.165) is 19.5 Å². The normalized spacial score (nSPS) is 27.6. The van der Waals surface area contributed by atoms with Crippen molar-refractivity contribution < 1.29 is 8.42 Å². The van der Waals surface area contributed by atoms with E-state index in [1.807, 2.05) is 0 Å². The Morgan fingerprint density at radius 2 is 2.06 bits per heavy atom. The van der Waals surface area contributed by atoms with Crippen LogP contribution < -0.4 is 5.73 Å². The van der Waals surface area contributed by atoms with Crippen molar-refractivity contribution in [3.05, 3.63) is 0 Å². The fourth-order valence-electron chi connectivity index (χ4n) is 2.23. The van der Waals surface area contributed by atoms with Gasteiger partial charge in [-0.05, 0) is 45.2 Å². The number of rotatable bonds is 5. The topological polar surface area (TPSA) is 63.4 Å². The van der Waals surface area contributed by atoms with Crippen LogP contribution in [0.25, 0.3) is 0 Å². The lowest BCUT2D eigenvalue weighted by Crippen LogP contribution is -2.44. The molecule has 1 rings (SSSR count). The molecule has 5 heteroatoms. The molecule has 17 heavy (non-hydrogen) atoms. The second-order valence-electron chi connectivity index (χ2n) is 5.48. The zero-order chi connectivity index (χ0) is 13.1. The molecule has 0 aliphatic carbocycles. The van der Waals surface area contributed by atoms with E-state index in [1.165, 1.54) is 0 Å². The van der Waals surface area contributed by atoms with Gasteiger partial charge in [-0.15, -0.1) is 0 Å². The molecule has 2 atom stereocenters. The molecular weight excluding hydrogens is 236 g/mol. The molecule has 0 saturated carbocycles. The predicted octanol–water partition coefficient (Wildman–Crippen LogP) is 0.726. The van der Waals surface area contributed by atoms with E-state index in [2.05, 4.69) is 11.8 Å². The third-order valence-electron chi connectivity index (χ3n) is 3.91. The summed E-state index contributed by atoms with van der Waals surface area (Å²) >= 11 is 0. The molecule has 0 bridgehead atoms. The molecular formula is C12H26N2O2S. The second kappa shape index (κ2) is 6.16. The summed E-state index contributed by atoms with van der Waals surface area (Å²) in [7, 11) is -2.91. The highest BCUT2D eigenvalue weighted by molar-refractivity contribution is 7.92. The van der Waals surface area contributed by atoms with Crippen LogP contribution in [0.3, 0.4) is 0 Å². The first-order valence-corrected chi connectivity index (χ1v) is 8.22. The molecule has 2 N–H and O–H groups in total. The summed E-state index contributed by atoms with van der Waals surface area (Å²) in [5.41, 5.74) is 5.74. The minimum absolute atomic E-state index is 0.267. The number of hydrogen-bond donors (Lipinski definition) is 1. The summed E-state index contributed by atoms with van der Waals surface area (Å²) in [6.07, 6.45) is 1.13. The van der Waals surface area contributed by atoms with Crippen molar-refractivity contribution in [3.63, 3.8) is 0 Å². The van der Waals surface area contributed by atoms with Crippen LogP contribution >= 0.6 is 0 Å². The highest BCUT2D eigenvalue weighted by Gasteiger charge is 2.26. The van der Waals surface area contributed by atoms with Crippen molar-refractivity contribution in [2.24, 2.45) is 17.6 Å². The van der Waals surface area contributed by atoms with Crippen LogP contribution in [0, 0.1) is 11.8 Å². The molecule has 0 spiro atoms. The van der Waals surface area contributed by atoms with E-state index in [4.69, 9.17) is 5.73 Å². The van der Waals surface area contributed by atoms with Crippen molar-refractivity contribution in [2.75, 3.05) is 31.9 Å². The highest BCUT2D eigenvalue weighted by atomic mass is 32.2. The van der Waals surface area contributed by atoms with Gasteiger partial charge < -0.3 is 10.6 Å². The third-order valence-corrected chi connectivity index (χ3v) is 6.10. The minimum Gasteiger partial charge on any atom is -0.330 e. The van der Waals surface area contributed by atoms with Gasteiger partial charge in [0.15, 0.2) is 9.84 Å². The van der Waals surface area contributed by atoms with E-state index in [-0.39, 0.29) is 11.0 Å². The van der Waals surface area contributed by atoms with Crippen LogP contribution in [-0.2, 0) is 9.84 Å². The average molecular weight is 262 g/mol. The Kier molecular flexibility index (Phi) is 5.41. The Morgan fingerprint density at radius 3 is 2.59 bits per heavy atom. The van der Waals surface area contributed by atoms with Crippen LogP contribution in [0.2, 0.25) is 0 Å². The second-order valence-corrected chi connectivity index (χ2v) is 8.15. The van der Waals surface area contributed by atoms with Crippen molar-refractivity contribution in [2.45, 2.75) is 32.4 Å². The zero-order valence-corrected chi connectivity index (χ0v) is 12.0. The van der Waals surface area contributed by atoms with Gasteiger partial charge in [0.05, 0.1) is 11.0 Å². The van der Waals surface area contributed by atoms with Crippen LogP contribution in [0.5, 0.6) is 0 Å². The van der Waals surface area contributed by atoms with Gasteiger partial charge in [-0.1, -0.05) is 6.92 Å². The molecule has 0 aromatic carbocycles. The van der Waals surface area contributed by atoms with Gasteiger partial charge >= 0.3 is 0 Å². The number of hydrogen-bond acceptors (Lipinski definition) is 4. The van der Waals surface area contributed by atoms with Gasteiger partial charge in [0.25, 0.3) is 0 Å². The smallest absolute Gasteiger partial charge is 0.153 e. The van der Waals surface area contributed by atoms with E-state index in [0.29, 0.717) is 24.9 Å². The van der Waals surface area contributed by atoms with Crippen molar-refractivity contribution in [3.8, 4) is 0 Å². The van der Waals surface area contributed by atoms with Gasteiger partial charge in [-0.2, -0.15) is 0 Å². The molecule has 0 amide bonds. The monoisotopic (exact) mass is 262 g/mol. The van der Waals surface area contributed by atoms with Crippen LogP contribution in [0.4, 0.5) is 0 Å². The summed E-state index contributed by atoms with van der Waals surface area (Å²) in [6, 6.07) is 0. The standard InChI is InChI=1S/C12H26N2O2S/c1-10(2)17(15,16)7-6-14-5-4-11(3)12(8-13)9-14/h10-12H,4-9,13H2,1-3H3. The fraction of sp³-hybridized carbons (Fsp3) is 1.00. The lowest BCUT2D eigenvalue weighted by Gasteiger charge is -2.36. The molecule has 0 aromatic rings. The number of sulfone groups is 1. The van der Waals surface area contributed by atoms with E-state index >= 15 is 0 Å². The fourth-order valence-corrected chi connectivity index (χ4v) is 3.21. The zero-order valence-electron chi connectivity index (χ0n) is 11.2. The molecule has 1 saturated heterocycles. The molecule has 2 unspecified atom stereocenters. The van der Waals surface area contributed by atoms with Gasteiger partial charge in [-0.3, -0.25) is 0 Å². The Morgan fingerprint density at radius 1 is 1.41 bits per heavy atom. The predicted molar refractivity (Wildman–Crippen MR) is 71.7 cm³/mol. The molecule has 102 valence electrons. The third kappa shape index (κ3) is 4.23. The first kappa shape index (κ1) is 14.9. The maximum atomic E-state index is 11.7. The summed E-state index contributed by atoms with van der Waals surface area (Å²) in [6.45, 7) is 9.04. The van der Waals surface area contributed by atoms with Crippen molar-refractivity contribution in [1.82, 2.24) is 4.90 Å². The largest absolute Gasteiger partial charge is 0.330 e. The summed E-state index contributed by atoms with van der Waals surface area (Å²) in [5, 5.41) is -0.267. The summed E-state index contributed by atoms with van der Waals surface area (Å²) < 4.78 is 23.5. The lowest BCUT2D eigenvalue weighted by molar-refractivity contribution is 0.139. The molecule has 1 fully saturated rings. The van der Waals surface area contributed by atoms with Crippen molar-refractivity contribution in [1.29, 1.82) is 0 Å².